The van der Waals surface area contributed by atoms with Crippen LogP contribution in [-0.2, 0) is 11.3 Å². The smallest absolute Gasteiger partial charge is 0.226 e. The summed E-state index contributed by atoms with van der Waals surface area (Å²) in [5, 5.41) is 3.06. The number of aromatic nitrogens is 1. The first kappa shape index (κ1) is 23.5. The first-order valence-corrected chi connectivity index (χ1v) is 12.6. The monoisotopic (exact) mass is 459 g/mol. The van der Waals surface area contributed by atoms with E-state index in [0.29, 0.717) is 5.92 Å². The molecule has 2 heterocycles. The third-order valence-electron chi connectivity index (χ3n) is 6.31. The van der Waals surface area contributed by atoms with E-state index in [1.807, 2.05) is 44.4 Å². The summed E-state index contributed by atoms with van der Waals surface area (Å²) in [5.74, 6) is 0.613. The minimum absolute atomic E-state index is 0.0127. The Morgan fingerprint density at radius 1 is 1.03 bits per heavy atom. The van der Waals surface area contributed by atoms with Gasteiger partial charge in [0.05, 0.1) is 0 Å². The van der Waals surface area contributed by atoms with Gasteiger partial charge >= 0.3 is 0 Å². The molecule has 0 spiro atoms. The molecule has 1 aliphatic heterocycles. The highest BCUT2D eigenvalue weighted by Gasteiger charge is 2.22. The topological polar surface area (TPSA) is 45.2 Å². The van der Waals surface area contributed by atoms with Crippen molar-refractivity contribution in [3.8, 4) is 0 Å². The molecule has 0 unspecified atom stereocenters. The van der Waals surface area contributed by atoms with Crippen LogP contribution in [0, 0.1) is 12.8 Å². The van der Waals surface area contributed by atoms with Gasteiger partial charge in [0, 0.05) is 40.3 Å². The lowest BCUT2D eigenvalue weighted by atomic mass is 9.86. The molecule has 2 aromatic carbocycles. The molecule has 1 saturated heterocycles. The zero-order valence-electron chi connectivity index (χ0n) is 19.8. The highest BCUT2D eigenvalue weighted by molar-refractivity contribution is 7.99. The number of anilines is 1. The number of hydrogen-bond donors (Lipinski definition) is 1. The maximum atomic E-state index is 12.1. The van der Waals surface area contributed by atoms with Crippen LogP contribution in [0.4, 0.5) is 5.69 Å². The van der Waals surface area contributed by atoms with Gasteiger partial charge in [0.25, 0.3) is 0 Å². The van der Waals surface area contributed by atoms with Gasteiger partial charge in [-0.25, -0.2) is 0 Å². The van der Waals surface area contributed by atoms with Crippen LogP contribution in [0.2, 0.25) is 0 Å². The highest BCUT2D eigenvalue weighted by atomic mass is 32.2. The maximum absolute atomic E-state index is 12.1. The molecule has 3 aromatic rings. The zero-order valence-corrected chi connectivity index (χ0v) is 20.6. The van der Waals surface area contributed by atoms with Crippen molar-refractivity contribution in [2.75, 3.05) is 18.4 Å². The Kier molecular flexibility index (Phi) is 7.84. The van der Waals surface area contributed by atoms with Crippen molar-refractivity contribution < 1.29 is 4.79 Å². The number of nitrogens with one attached hydrogen (secondary N) is 1. The van der Waals surface area contributed by atoms with E-state index in [1.54, 1.807) is 11.8 Å². The average molecular weight is 460 g/mol. The van der Waals surface area contributed by atoms with Gasteiger partial charge in [-0.05, 0) is 91.9 Å². The van der Waals surface area contributed by atoms with Gasteiger partial charge in [0.1, 0.15) is 0 Å². The normalized spacial score (nSPS) is 15.0. The summed E-state index contributed by atoms with van der Waals surface area (Å²) < 4.78 is 0. The summed E-state index contributed by atoms with van der Waals surface area (Å²) >= 11 is 1.77. The Morgan fingerprint density at radius 2 is 1.70 bits per heavy atom. The lowest BCUT2D eigenvalue weighted by Gasteiger charge is -2.33. The fourth-order valence-electron chi connectivity index (χ4n) is 4.31. The Balaban J connectivity index is 1.31. The summed E-state index contributed by atoms with van der Waals surface area (Å²) in [5.41, 5.74) is 4.98. The quantitative estimate of drug-likeness (QED) is 0.437. The Morgan fingerprint density at radius 3 is 2.36 bits per heavy atom. The molecule has 0 atom stereocenters. The number of benzene rings is 2. The SMILES string of the molecule is Cc1ccc(NC(=O)C(C)C)cc1C1CCN(Cc2ccc(Sc3ccncc3)cc2)CC1. The number of carbonyl (C=O) groups is 1. The second-order valence-electron chi connectivity index (χ2n) is 9.19. The second-order valence-corrected chi connectivity index (χ2v) is 10.3. The van der Waals surface area contributed by atoms with Crippen LogP contribution in [0.5, 0.6) is 0 Å². The largest absolute Gasteiger partial charge is 0.326 e. The number of likely N-dealkylation sites (tertiary alicyclic amines) is 1. The molecule has 4 rings (SSSR count). The molecule has 172 valence electrons. The molecule has 1 N–H and O–H groups in total. The number of amides is 1. The average Bonchev–Trinajstić information content (AvgIpc) is 2.83. The first-order chi connectivity index (χ1) is 16.0. The van der Waals surface area contributed by atoms with E-state index in [4.69, 9.17) is 0 Å². The number of carbonyl (C=O) groups excluding carboxylic acids is 1. The second kappa shape index (κ2) is 11.0. The molecule has 1 aliphatic rings. The van der Waals surface area contributed by atoms with Gasteiger partial charge in [-0.3, -0.25) is 14.7 Å². The molecule has 1 amide bonds. The first-order valence-electron chi connectivity index (χ1n) is 11.8. The molecule has 4 nitrogen and oxygen atoms in total. The summed E-state index contributed by atoms with van der Waals surface area (Å²) in [6.45, 7) is 9.22. The van der Waals surface area contributed by atoms with Crippen LogP contribution >= 0.6 is 11.8 Å². The van der Waals surface area contributed by atoms with Crippen LogP contribution < -0.4 is 5.32 Å². The van der Waals surface area contributed by atoms with Gasteiger partial charge in [-0.15, -0.1) is 0 Å². The van der Waals surface area contributed by atoms with Crippen molar-refractivity contribution in [3.63, 3.8) is 0 Å². The molecule has 0 saturated carbocycles. The van der Waals surface area contributed by atoms with Crippen LogP contribution in [0.1, 0.15) is 49.3 Å². The Bertz CT molecular complexity index is 1060. The van der Waals surface area contributed by atoms with E-state index in [1.165, 1.54) is 26.5 Å². The predicted octanol–water partition coefficient (Wildman–Crippen LogP) is 6.52. The molecule has 1 aromatic heterocycles. The highest BCUT2D eigenvalue weighted by Crippen LogP contribution is 2.33. The minimum Gasteiger partial charge on any atom is -0.326 e. The number of piperidine rings is 1. The van der Waals surface area contributed by atoms with Crippen molar-refractivity contribution in [1.82, 2.24) is 9.88 Å². The van der Waals surface area contributed by atoms with Gasteiger partial charge in [-0.2, -0.15) is 0 Å². The third-order valence-corrected chi connectivity index (χ3v) is 7.33. The van der Waals surface area contributed by atoms with Gasteiger partial charge in [0.15, 0.2) is 0 Å². The molecule has 33 heavy (non-hydrogen) atoms. The fourth-order valence-corrected chi connectivity index (χ4v) is 5.11. The van der Waals surface area contributed by atoms with Crippen molar-refractivity contribution in [2.45, 2.75) is 55.9 Å². The molecule has 0 aliphatic carbocycles. The van der Waals surface area contributed by atoms with Crippen LogP contribution in [-0.4, -0.2) is 28.9 Å². The van der Waals surface area contributed by atoms with E-state index in [9.17, 15) is 4.79 Å². The van der Waals surface area contributed by atoms with Crippen LogP contribution in [0.3, 0.4) is 0 Å². The van der Waals surface area contributed by atoms with Gasteiger partial charge in [-0.1, -0.05) is 43.8 Å². The summed E-state index contributed by atoms with van der Waals surface area (Å²) in [6.07, 6.45) is 5.97. The lowest BCUT2D eigenvalue weighted by molar-refractivity contribution is -0.118. The maximum Gasteiger partial charge on any atom is 0.226 e. The lowest BCUT2D eigenvalue weighted by Crippen LogP contribution is -2.32. The fraction of sp³-hybridized carbons (Fsp3) is 0.357. The molecule has 0 bridgehead atoms. The number of pyridine rings is 1. The number of hydrogen-bond acceptors (Lipinski definition) is 4. The number of aryl methyl sites for hydroxylation is 1. The van der Waals surface area contributed by atoms with Crippen molar-refractivity contribution in [2.24, 2.45) is 5.92 Å². The number of nitrogens with zero attached hydrogens (tertiary/aromatic N) is 2. The number of rotatable bonds is 7. The van der Waals surface area contributed by atoms with E-state index in [2.05, 4.69) is 58.5 Å². The van der Waals surface area contributed by atoms with Crippen LogP contribution in [0.15, 0.2) is 76.8 Å². The molecule has 0 radical (unpaired) electrons. The molecule has 5 heteroatoms. The van der Waals surface area contributed by atoms with E-state index >= 15 is 0 Å². The van der Waals surface area contributed by atoms with Gasteiger partial charge < -0.3 is 5.32 Å². The predicted molar refractivity (Wildman–Crippen MR) is 137 cm³/mol. The van der Waals surface area contributed by atoms with E-state index in [0.717, 1.165) is 38.2 Å². The standard InChI is InChI=1S/C28H33N3OS/c1-20(2)28(32)30-24-7-4-21(3)27(18-24)23-12-16-31(17-13-23)19-22-5-8-25(9-6-22)33-26-10-14-29-15-11-26/h4-11,14-15,18,20,23H,12-13,16-17,19H2,1-3H3,(H,30,32). The minimum atomic E-state index is -0.0127. The van der Waals surface area contributed by atoms with Crippen molar-refractivity contribution in [1.29, 1.82) is 0 Å². The van der Waals surface area contributed by atoms with E-state index in [-0.39, 0.29) is 11.8 Å². The molecular weight excluding hydrogens is 426 g/mol. The summed E-state index contributed by atoms with van der Waals surface area (Å²) in [6, 6.07) is 19.4. The third kappa shape index (κ3) is 6.46. The van der Waals surface area contributed by atoms with Gasteiger partial charge in [0.2, 0.25) is 5.91 Å². The Hall–Kier alpha value is -2.63. The van der Waals surface area contributed by atoms with Crippen molar-refractivity contribution >= 4 is 23.4 Å². The van der Waals surface area contributed by atoms with Crippen LogP contribution in [0.25, 0.3) is 0 Å². The van der Waals surface area contributed by atoms with E-state index < -0.39 is 0 Å². The zero-order chi connectivity index (χ0) is 23.2. The Labute approximate surface area is 201 Å². The summed E-state index contributed by atoms with van der Waals surface area (Å²) in [7, 11) is 0. The molecule has 1 fully saturated rings. The summed E-state index contributed by atoms with van der Waals surface area (Å²) in [4.78, 5) is 21.2. The molecular formula is C28H33N3OS. The van der Waals surface area contributed by atoms with Crippen molar-refractivity contribution in [3.05, 3.63) is 83.7 Å².